The van der Waals surface area contributed by atoms with E-state index in [1.807, 2.05) is 5.38 Å². The molecule has 2 rings (SSSR count). The molecule has 1 heterocycles. The summed E-state index contributed by atoms with van der Waals surface area (Å²) >= 11 is 12.9. The van der Waals surface area contributed by atoms with E-state index < -0.39 is 5.82 Å². The molecule has 0 radical (unpaired) electrons. The molecule has 1 aromatic heterocycles. The molecular weight excluding hydrogens is 280 g/mol. The second-order valence-corrected chi connectivity index (χ2v) is 5.21. The number of benzene rings is 1. The van der Waals surface area contributed by atoms with Gasteiger partial charge >= 0.3 is 0 Å². The van der Waals surface area contributed by atoms with Crippen LogP contribution in [0.25, 0.3) is 10.6 Å². The normalized spacial score (nSPS) is 10.8. The summed E-state index contributed by atoms with van der Waals surface area (Å²) in [6, 6.07) is 4.64. The Labute approximate surface area is 113 Å². The van der Waals surface area contributed by atoms with Crippen molar-refractivity contribution < 1.29 is 4.39 Å². The minimum atomic E-state index is -0.408. The van der Waals surface area contributed by atoms with Crippen molar-refractivity contribution in [2.75, 3.05) is 5.88 Å². The van der Waals surface area contributed by atoms with Crippen LogP contribution < -0.4 is 0 Å². The van der Waals surface area contributed by atoms with Gasteiger partial charge in [-0.3, -0.25) is 0 Å². The van der Waals surface area contributed by atoms with Crippen LogP contribution in [0.3, 0.4) is 0 Å². The standard InChI is InChI=1S/C12H10Cl2FNS/c13-5-1-2-9-7-17-12(16-9)8-3-4-11(15)10(14)6-8/h3-4,6-7H,1-2,5H2. The van der Waals surface area contributed by atoms with E-state index in [0.717, 1.165) is 29.1 Å². The fourth-order valence-corrected chi connectivity index (χ4v) is 2.60. The first kappa shape index (κ1) is 12.8. The number of hydrogen-bond acceptors (Lipinski definition) is 2. The first-order valence-corrected chi connectivity index (χ1v) is 6.95. The number of aryl methyl sites for hydroxylation is 1. The summed E-state index contributed by atoms with van der Waals surface area (Å²) < 4.78 is 13.0. The highest BCUT2D eigenvalue weighted by atomic mass is 35.5. The Bertz CT molecular complexity index is 513. The second-order valence-electron chi connectivity index (χ2n) is 3.57. The van der Waals surface area contributed by atoms with Gasteiger partial charge in [-0.05, 0) is 31.0 Å². The van der Waals surface area contributed by atoms with Crippen LogP contribution in [-0.4, -0.2) is 10.9 Å². The van der Waals surface area contributed by atoms with E-state index in [-0.39, 0.29) is 5.02 Å². The molecule has 17 heavy (non-hydrogen) atoms. The Balaban J connectivity index is 2.21. The summed E-state index contributed by atoms with van der Waals surface area (Å²) in [6.45, 7) is 0. The van der Waals surface area contributed by atoms with Gasteiger partial charge in [0.05, 0.1) is 10.7 Å². The van der Waals surface area contributed by atoms with Gasteiger partial charge in [-0.2, -0.15) is 0 Å². The van der Waals surface area contributed by atoms with Crippen molar-refractivity contribution >= 4 is 34.5 Å². The van der Waals surface area contributed by atoms with E-state index >= 15 is 0 Å². The maximum atomic E-state index is 13.0. The largest absolute Gasteiger partial charge is 0.241 e. The first-order chi connectivity index (χ1) is 8.20. The SMILES string of the molecule is Fc1ccc(-c2nc(CCCCl)cs2)cc1Cl. The molecule has 1 nitrogen and oxygen atoms in total. The van der Waals surface area contributed by atoms with Crippen molar-refractivity contribution in [2.24, 2.45) is 0 Å². The lowest BCUT2D eigenvalue weighted by Gasteiger charge is -1.98. The molecule has 0 aliphatic carbocycles. The fourth-order valence-electron chi connectivity index (χ4n) is 1.43. The quantitative estimate of drug-likeness (QED) is 0.739. The van der Waals surface area contributed by atoms with Gasteiger partial charge in [-0.25, -0.2) is 9.37 Å². The Morgan fingerprint density at radius 3 is 2.88 bits per heavy atom. The number of halogens is 3. The monoisotopic (exact) mass is 289 g/mol. The molecule has 0 amide bonds. The van der Waals surface area contributed by atoms with Crippen molar-refractivity contribution in [1.29, 1.82) is 0 Å². The van der Waals surface area contributed by atoms with Crippen LogP contribution in [0.2, 0.25) is 5.02 Å². The van der Waals surface area contributed by atoms with E-state index in [1.165, 1.54) is 17.4 Å². The third-order valence-corrected chi connectivity index (χ3v) is 3.78. The lowest BCUT2D eigenvalue weighted by molar-refractivity contribution is 0.628. The van der Waals surface area contributed by atoms with Crippen LogP contribution in [0.15, 0.2) is 23.6 Å². The highest BCUT2D eigenvalue weighted by Gasteiger charge is 2.07. The molecule has 0 saturated heterocycles. The molecule has 1 aromatic carbocycles. The van der Waals surface area contributed by atoms with Crippen molar-refractivity contribution in [3.8, 4) is 10.6 Å². The molecule has 0 atom stereocenters. The maximum absolute atomic E-state index is 13.0. The Kier molecular flexibility index (Phi) is 4.37. The van der Waals surface area contributed by atoms with Crippen LogP contribution >= 0.6 is 34.5 Å². The van der Waals surface area contributed by atoms with E-state index in [9.17, 15) is 4.39 Å². The van der Waals surface area contributed by atoms with Crippen molar-refractivity contribution in [3.05, 3.63) is 40.1 Å². The van der Waals surface area contributed by atoms with Gasteiger partial charge in [-0.1, -0.05) is 11.6 Å². The van der Waals surface area contributed by atoms with Gasteiger partial charge in [0, 0.05) is 16.8 Å². The lowest BCUT2D eigenvalue weighted by Crippen LogP contribution is -1.87. The van der Waals surface area contributed by atoms with E-state index in [0.29, 0.717) is 5.88 Å². The van der Waals surface area contributed by atoms with E-state index in [1.54, 1.807) is 12.1 Å². The number of rotatable bonds is 4. The minimum Gasteiger partial charge on any atom is -0.241 e. The van der Waals surface area contributed by atoms with E-state index in [4.69, 9.17) is 23.2 Å². The highest BCUT2D eigenvalue weighted by molar-refractivity contribution is 7.13. The molecule has 0 unspecified atom stereocenters. The van der Waals surface area contributed by atoms with Crippen LogP contribution in [0, 0.1) is 5.82 Å². The predicted molar refractivity (Wildman–Crippen MR) is 71.6 cm³/mol. The van der Waals surface area contributed by atoms with Crippen LogP contribution in [0.4, 0.5) is 4.39 Å². The molecule has 0 aliphatic heterocycles. The molecule has 2 aromatic rings. The zero-order valence-electron chi connectivity index (χ0n) is 8.92. The third kappa shape index (κ3) is 3.18. The Hall–Kier alpha value is -0.640. The molecule has 5 heteroatoms. The Morgan fingerprint density at radius 2 is 2.18 bits per heavy atom. The molecule has 90 valence electrons. The van der Waals surface area contributed by atoms with Crippen LogP contribution in [-0.2, 0) is 6.42 Å². The predicted octanol–water partition coefficient (Wildman–Crippen LogP) is 4.77. The average Bonchev–Trinajstić information content (AvgIpc) is 2.79. The molecule has 0 saturated carbocycles. The molecular formula is C12H10Cl2FNS. The summed E-state index contributed by atoms with van der Waals surface area (Å²) in [5.74, 6) is 0.226. The van der Waals surface area contributed by atoms with Gasteiger partial charge in [0.25, 0.3) is 0 Å². The lowest BCUT2D eigenvalue weighted by atomic mass is 10.2. The van der Waals surface area contributed by atoms with Crippen LogP contribution in [0.1, 0.15) is 12.1 Å². The average molecular weight is 290 g/mol. The van der Waals surface area contributed by atoms with Crippen LogP contribution in [0.5, 0.6) is 0 Å². The summed E-state index contributed by atoms with van der Waals surface area (Å²) in [6.07, 6.45) is 1.78. The van der Waals surface area contributed by atoms with Crippen molar-refractivity contribution in [2.45, 2.75) is 12.8 Å². The van der Waals surface area contributed by atoms with Gasteiger partial charge in [0.1, 0.15) is 10.8 Å². The molecule has 0 aliphatic rings. The topological polar surface area (TPSA) is 12.9 Å². The zero-order chi connectivity index (χ0) is 12.3. The Morgan fingerprint density at radius 1 is 1.35 bits per heavy atom. The van der Waals surface area contributed by atoms with Gasteiger partial charge in [0.15, 0.2) is 0 Å². The highest BCUT2D eigenvalue weighted by Crippen LogP contribution is 2.27. The summed E-state index contributed by atoms with van der Waals surface area (Å²) in [4.78, 5) is 4.47. The third-order valence-electron chi connectivity index (χ3n) is 2.28. The molecule has 0 bridgehead atoms. The van der Waals surface area contributed by atoms with Crippen molar-refractivity contribution in [1.82, 2.24) is 4.98 Å². The van der Waals surface area contributed by atoms with E-state index in [2.05, 4.69) is 4.98 Å². The number of thiazole rings is 1. The van der Waals surface area contributed by atoms with Gasteiger partial charge in [0.2, 0.25) is 0 Å². The molecule has 0 fully saturated rings. The summed E-state index contributed by atoms with van der Waals surface area (Å²) in [5, 5.41) is 2.98. The maximum Gasteiger partial charge on any atom is 0.141 e. The number of aromatic nitrogens is 1. The van der Waals surface area contributed by atoms with Gasteiger partial charge in [-0.15, -0.1) is 22.9 Å². The summed E-state index contributed by atoms with van der Waals surface area (Å²) in [7, 11) is 0. The minimum absolute atomic E-state index is 0.125. The van der Waals surface area contributed by atoms with Crippen molar-refractivity contribution in [3.63, 3.8) is 0 Å². The second kappa shape index (κ2) is 5.80. The number of nitrogens with zero attached hydrogens (tertiary/aromatic N) is 1. The molecule has 0 spiro atoms. The fraction of sp³-hybridized carbons (Fsp3) is 0.250. The number of hydrogen-bond donors (Lipinski definition) is 0. The number of alkyl halides is 1. The van der Waals surface area contributed by atoms with Gasteiger partial charge < -0.3 is 0 Å². The zero-order valence-corrected chi connectivity index (χ0v) is 11.2. The smallest absolute Gasteiger partial charge is 0.141 e. The summed E-state index contributed by atoms with van der Waals surface area (Å²) in [5.41, 5.74) is 1.87. The first-order valence-electron chi connectivity index (χ1n) is 5.16. The molecule has 0 N–H and O–H groups in total.